The van der Waals surface area contributed by atoms with Crippen molar-refractivity contribution < 1.29 is 13.9 Å². The van der Waals surface area contributed by atoms with E-state index in [1.807, 2.05) is 24.3 Å². The van der Waals surface area contributed by atoms with E-state index < -0.39 is 0 Å². The van der Waals surface area contributed by atoms with E-state index in [1.165, 1.54) is 6.07 Å². The van der Waals surface area contributed by atoms with Crippen molar-refractivity contribution in [2.75, 3.05) is 11.4 Å². The standard InChI is InChI=1S/C24H21FN4O2/c1-2-15-10-19(31-14-30)5-6-20(15)22-11-23-21(12-26-28-23)24(27-22)29-8-7-16-9-18(25)4-3-17(16)13-29/h3-6,9-12,14H,2,7-8,13H2,1H3,(H,26,28). The summed E-state index contributed by atoms with van der Waals surface area (Å²) in [7, 11) is 0. The second-order valence-electron chi connectivity index (χ2n) is 7.63. The van der Waals surface area contributed by atoms with Crippen LogP contribution in [-0.4, -0.2) is 28.2 Å². The third-order valence-electron chi connectivity index (χ3n) is 5.82. The van der Waals surface area contributed by atoms with Gasteiger partial charge in [-0.2, -0.15) is 5.10 Å². The predicted octanol–water partition coefficient (Wildman–Crippen LogP) is 4.42. The average molecular weight is 416 g/mol. The zero-order chi connectivity index (χ0) is 21.4. The fourth-order valence-electron chi connectivity index (χ4n) is 4.25. The van der Waals surface area contributed by atoms with E-state index in [9.17, 15) is 9.18 Å². The monoisotopic (exact) mass is 416 g/mol. The lowest BCUT2D eigenvalue weighted by Gasteiger charge is -2.30. The average Bonchev–Trinajstić information content (AvgIpc) is 3.27. The molecule has 0 atom stereocenters. The molecule has 0 amide bonds. The molecule has 1 aliphatic rings. The highest BCUT2D eigenvalue weighted by Crippen LogP contribution is 2.34. The van der Waals surface area contributed by atoms with Gasteiger partial charge in [0.1, 0.15) is 17.4 Å². The van der Waals surface area contributed by atoms with Crippen LogP contribution >= 0.6 is 0 Å². The summed E-state index contributed by atoms with van der Waals surface area (Å²) < 4.78 is 18.6. The van der Waals surface area contributed by atoms with Crippen LogP contribution in [-0.2, 0) is 24.2 Å². The minimum Gasteiger partial charge on any atom is -0.429 e. The van der Waals surface area contributed by atoms with E-state index in [-0.39, 0.29) is 5.82 Å². The first kappa shape index (κ1) is 19.2. The van der Waals surface area contributed by atoms with Gasteiger partial charge in [0.2, 0.25) is 0 Å². The first-order valence-corrected chi connectivity index (χ1v) is 10.3. The van der Waals surface area contributed by atoms with E-state index in [4.69, 9.17) is 9.72 Å². The summed E-state index contributed by atoms with van der Waals surface area (Å²) in [6.45, 7) is 3.90. The Morgan fingerprint density at radius 2 is 2.10 bits per heavy atom. The molecule has 4 aromatic rings. The Labute approximate surface area is 178 Å². The number of hydrogen-bond donors (Lipinski definition) is 1. The van der Waals surface area contributed by atoms with E-state index >= 15 is 0 Å². The molecule has 2 aromatic carbocycles. The van der Waals surface area contributed by atoms with Gasteiger partial charge in [-0.3, -0.25) is 9.89 Å². The van der Waals surface area contributed by atoms with Crippen molar-refractivity contribution >= 4 is 23.2 Å². The van der Waals surface area contributed by atoms with Gasteiger partial charge >= 0.3 is 0 Å². The fourth-order valence-corrected chi connectivity index (χ4v) is 4.25. The molecule has 31 heavy (non-hydrogen) atoms. The molecule has 5 rings (SSSR count). The minimum atomic E-state index is -0.196. The molecule has 0 aliphatic carbocycles. The Bertz CT molecular complexity index is 1280. The zero-order valence-corrected chi connectivity index (χ0v) is 17.1. The maximum Gasteiger partial charge on any atom is 0.298 e. The highest BCUT2D eigenvalue weighted by atomic mass is 19.1. The van der Waals surface area contributed by atoms with Crippen LogP contribution in [0.3, 0.4) is 0 Å². The largest absolute Gasteiger partial charge is 0.429 e. The molecule has 1 N–H and O–H groups in total. The number of aromatic nitrogens is 3. The maximum atomic E-state index is 13.6. The summed E-state index contributed by atoms with van der Waals surface area (Å²) in [5.74, 6) is 1.17. The Balaban J connectivity index is 1.59. The summed E-state index contributed by atoms with van der Waals surface area (Å²) in [5.41, 5.74) is 5.91. The number of halogens is 1. The Morgan fingerprint density at radius 1 is 1.19 bits per heavy atom. The van der Waals surface area contributed by atoms with Crippen LogP contribution < -0.4 is 9.64 Å². The quantitative estimate of drug-likeness (QED) is 0.488. The number of nitrogens with one attached hydrogen (secondary N) is 1. The van der Waals surface area contributed by atoms with Crippen LogP contribution in [0.5, 0.6) is 5.75 Å². The molecule has 0 bridgehead atoms. The van der Waals surface area contributed by atoms with Crippen LogP contribution in [0.1, 0.15) is 23.6 Å². The highest BCUT2D eigenvalue weighted by molar-refractivity contribution is 5.92. The topological polar surface area (TPSA) is 71.1 Å². The molecule has 3 heterocycles. The summed E-state index contributed by atoms with van der Waals surface area (Å²) >= 11 is 0. The lowest BCUT2D eigenvalue weighted by molar-refractivity contribution is -0.120. The van der Waals surface area contributed by atoms with E-state index in [0.29, 0.717) is 18.8 Å². The fraction of sp³-hybridized carbons (Fsp3) is 0.208. The molecule has 0 unspecified atom stereocenters. The number of rotatable bonds is 5. The van der Waals surface area contributed by atoms with E-state index in [1.54, 1.807) is 18.3 Å². The Hall–Kier alpha value is -3.74. The highest BCUT2D eigenvalue weighted by Gasteiger charge is 2.22. The third kappa shape index (κ3) is 3.52. The van der Waals surface area contributed by atoms with Gasteiger partial charge in [-0.25, -0.2) is 9.37 Å². The summed E-state index contributed by atoms with van der Waals surface area (Å²) in [5, 5.41) is 8.25. The van der Waals surface area contributed by atoms with Crippen molar-refractivity contribution in [2.24, 2.45) is 0 Å². The lowest BCUT2D eigenvalue weighted by Crippen LogP contribution is -2.31. The van der Waals surface area contributed by atoms with Gasteiger partial charge in [-0.05, 0) is 65.9 Å². The van der Waals surface area contributed by atoms with Crippen molar-refractivity contribution in [3.63, 3.8) is 0 Å². The molecular formula is C24H21FN4O2. The lowest BCUT2D eigenvalue weighted by atomic mass is 9.98. The van der Waals surface area contributed by atoms with E-state index in [0.717, 1.165) is 64.1 Å². The molecule has 6 nitrogen and oxygen atoms in total. The second-order valence-corrected chi connectivity index (χ2v) is 7.63. The molecule has 0 spiro atoms. The molecule has 1 aliphatic heterocycles. The smallest absolute Gasteiger partial charge is 0.298 e. The van der Waals surface area contributed by atoms with Crippen LogP contribution in [0.4, 0.5) is 10.2 Å². The normalized spacial score (nSPS) is 13.3. The summed E-state index contributed by atoms with van der Waals surface area (Å²) in [6, 6.07) is 12.6. The molecule has 0 radical (unpaired) electrons. The zero-order valence-electron chi connectivity index (χ0n) is 17.1. The molecule has 0 fully saturated rings. The van der Waals surface area contributed by atoms with Gasteiger partial charge in [0, 0.05) is 18.7 Å². The number of hydrogen-bond acceptors (Lipinski definition) is 5. The molecule has 156 valence electrons. The first-order chi connectivity index (χ1) is 15.2. The number of carbonyl (C=O) groups excluding carboxylic acids is 1. The molecular weight excluding hydrogens is 395 g/mol. The number of fused-ring (bicyclic) bond motifs is 2. The molecule has 7 heteroatoms. The number of benzene rings is 2. The SMILES string of the molecule is CCc1cc(OC=O)ccc1-c1cc2[nH]ncc2c(N2CCc3cc(F)ccc3C2)n1. The second kappa shape index (κ2) is 7.83. The van der Waals surface area contributed by atoms with Crippen LogP contribution in [0.25, 0.3) is 22.2 Å². The van der Waals surface area contributed by atoms with Crippen LogP contribution in [0, 0.1) is 5.82 Å². The summed E-state index contributed by atoms with van der Waals surface area (Å²) in [6.07, 6.45) is 3.33. The molecule has 2 aromatic heterocycles. The number of ether oxygens (including phenoxy) is 1. The predicted molar refractivity (Wildman–Crippen MR) is 117 cm³/mol. The number of H-pyrrole nitrogens is 1. The number of carbonyl (C=O) groups is 1. The maximum absolute atomic E-state index is 13.6. The van der Waals surface area contributed by atoms with Crippen molar-refractivity contribution in [3.05, 3.63) is 71.2 Å². The van der Waals surface area contributed by atoms with Crippen molar-refractivity contribution in [1.82, 2.24) is 15.2 Å². The van der Waals surface area contributed by atoms with Crippen molar-refractivity contribution in [2.45, 2.75) is 26.3 Å². The van der Waals surface area contributed by atoms with Gasteiger partial charge in [0.05, 0.1) is 22.8 Å². The van der Waals surface area contributed by atoms with Gasteiger partial charge in [0.25, 0.3) is 6.47 Å². The molecule has 0 saturated heterocycles. The summed E-state index contributed by atoms with van der Waals surface area (Å²) in [4.78, 5) is 17.9. The van der Waals surface area contributed by atoms with Gasteiger partial charge in [0.15, 0.2) is 0 Å². The Morgan fingerprint density at radius 3 is 2.94 bits per heavy atom. The van der Waals surface area contributed by atoms with Gasteiger partial charge in [-0.15, -0.1) is 0 Å². The van der Waals surface area contributed by atoms with Crippen molar-refractivity contribution in [3.8, 4) is 17.0 Å². The number of nitrogens with zero attached hydrogens (tertiary/aromatic N) is 3. The van der Waals surface area contributed by atoms with Crippen LogP contribution in [0.2, 0.25) is 0 Å². The number of pyridine rings is 1. The molecule has 0 saturated carbocycles. The number of aromatic amines is 1. The van der Waals surface area contributed by atoms with Crippen LogP contribution in [0.15, 0.2) is 48.7 Å². The van der Waals surface area contributed by atoms with Crippen molar-refractivity contribution in [1.29, 1.82) is 0 Å². The third-order valence-corrected chi connectivity index (χ3v) is 5.82. The Kier molecular flexibility index (Phi) is 4.86. The van der Waals surface area contributed by atoms with E-state index in [2.05, 4.69) is 22.0 Å². The van der Waals surface area contributed by atoms with Gasteiger partial charge < -0.3 is 9.64 Å². The number of aryl methyl sites for hydroxylation is 1. The van der Waals surface area contributed by atoms with Gasteiger partial charge in [-0.1, -0.05) is 13.0 Å². The first-order valence-electron chi connectivity index (χ1n) is 10.3. The number of anilines is 1. The minimum absolute atomic E-state index is 0.196.